The van der Waals surface area contributed by atoms with Crippen LogP contribution in [0, 0.1) is 10.6 Å². The van der Waals surface area contributed by atoms with E-state index in [-0.39, 0.29) is 5.97 Å². The summed E-state index contributed by atoms with van der Waals surface area (Å²) in [7, 11) is 1.36. The molecule has 0 aliphatic rings. The van der Waals surface area contributed by atoms with Crippen LogP contribution >= 0.6 is 22.6 Å². The summed E-state index contributed by atoms with van der Waals surface area (Å²) in [5, 5.41) is 0. The molecule has 0 unspecified atom stereocenters. The average molecular weight is 321 g/mol. The van der Waals surface area contributed by atoms with Gasteiger partial charge < -0.3 is 9.72 Å². The number of esters is 1. The molecule has 1 N–H and O–H groups in total. The van der Waals surface area contributed by atoms with E-state index in [1.54, 1.807) is 0 Å². The second-order valence-electron chi connectivity index (χ2n) is 3.15. The molecule has 82 valence electrons. The van der Waals surface area contributed by atoms with Crippen LogP contribution in [-0.2, 0) is 16.0 Å². The smallest absolute Gasteiger partial charge is 0.305 e. The minimum absolute atomic E-state index is 0.262. The highest BCUT2D eigenvalue weighted by molar-refractivity contribution is 14.1. The van der Waals surface area contributed by atoms with E-state index in [0.29, 0.717) is 18.5 Å². The van der Waals surface area contributed by atoms with Crippen molar-refractivity contribution in [3.05, 3.63) is 20.5 Å². The summed E-state index contributed by atoms with van der Waals surface area (Å²) in [6.45, 7) is 1.93. The Morgan fingerprint density at radius 3 is 2.80 bits per heavy atom. The monoisotopic (exact) mass is 321 g/mol. The van der Waals surface area contributed by atoms with Crippen molar-refractivity contribution in [1.29, 1.82) is 0 Å². The lowest BCUT2D eigenvalue weighted by Crippen LogP contribution is -2.03. The second kappa shape index (κ2) is 5.29. The summed E-state index contributed by atoms with van der Waals surface area (Å²) < 4.78 is 5.49. The van der Waals surface area contributed by atoms with Crippen molar-refractivity contribution in [3.63, 3.8) is 0 Å². The van der Waals surface area contributed by atoms with E-state index in [2.05, 4.69) is 32.3 Å². The highest BCUT2D eigenvalue weighted by Gasteiger charge is 2.13. The zero-order valence-electron chi connectivity index (χ0n) is 8.59. The van der Waals surface area contributed by atoms with Crippen molar-refractivity contribution in [2.75, 3.05) is 7.11 Å². The molecule has 0 amide bonds. The second-order valence-corrected chi connectivity index (χ2v) is 4.23. The van der Waals surface area contributed by atoms with Crippen LogP contribution in [0.4, 0.5) is 0 Å². The lowest BCUT2D eigenvalue weighted by atomic mass is 10.1. The number of hydrogen-bond donors (Lipinski definition) is 1. The topological polar surface area (TPSA) is 59.2 Å². The van der Waals surface area contributed by atoms with Gasteiger partial charge in [-0.1, -0.05) is 0 Å². The van der Waals surface area contributed by atoms with Crippen LogP contribution in [0.5, 0.6) is 0 Å². The van der Waals surface area contributed by atoms with Crippen LogP contribution in [0.3, 0.4) is 0 Å². The number of H-pyrrole nitrogens is 1. The average Bonchev–Trinajstić information content (AvgIpc) is 2.52. The number of aromatic nitrogens is 1. The fraction of sp³-hybridized carbons (Fsp3) is 0.400. The van der Waals surface area contributed by atoms with Crippen molar-refractivity contribution in [2.45, 2.75) is 19.8 Å². The fourth-order valence-electron chi connectivity index (χ4n) is 1.37. The molecule has 0 spiro atoms. The summed E-state index contributed by atoms with van der Waals surface area (Å²) >= 11 is 2.13. The van der Waals surface area contributed by atoms with Crippen LogP contribution in [0.25, 0.3) is 0 Å². The third-order valence-corrected chi connectivity index (χ3v) is 3.35. The minimum Gasteiger partial charge on any atom is -0.469 e. The number of rotatable bonds is 4. The number of hydrogen-bond acceptors (Lipinski definition) is 3. The van der Waals surface area contributed by atoms with E-state index in [4.69, 9.17) is 0 Å². The van der Waals surface area contributed by atoms with E-state index in [9.17, 15) is 9.59 Å². The maximum atomic E-state index is 11.0. The summed E-state index contributed by atoms with van der Waals surface area (Å²) in [4.78, 5) is 24.7. The van der Waals surface area contributed by atoms with Crippen LogP contribution < -0.4 is 0 Å². The molecule has 0 fully saturated rings. The molecule has 5 heteroatoms. The lowest BCUT2D eigenvalue weighted by Gasteiger charge is -2.00. The van der Waals surface area contributed by atoms with Crippen molar-refractivity contribution in [2.24, 2.45) is 0 Å². The Hall–Kier alpha value is -0.850. The quantitative estimate of drug-likeness (QED) is 0.523. The van der Waals surface area contributed by atoms with Gasteiger partial charge in [-0.3, -0.25) is 9.59 Å². The number of carbonyl (C=O) groups excluding carboxylic acids is 2. The Morgan fingerprint density at radius 2 is 2.27 bits per heavy atom. The van der Waals surface area contributed by atoms with Gasteiger partial charge in [0.15, 0.2) is 6.29 Å². The predicted molar refractivity (Wildman–Crippen MR) is 64.0 cm³/mol. The van der Waals surface area contributed by atoms with Gasteiger partial charge in [-0.2, -0.15) is 0 Å². The molecule has 15 heavy (non-hydrogen) atoms. The van der Waals surface area contributed by atoms with Gasteiger partial charge in [0.25, 0.3) is 0 Å². The Morgan fingerprint density at radius 1 is 1.60 bits per heavy atom. The van der Waals surface area contributed by atoms with Gasteiger partial charge in [0.1, 0.15) is 0 Å². The zero-order valence-corrected chi connectivity index (χ0v) is 10.8. The Balaban J connectivity index is 2.83. The number of carbonyl (C=O) groups is 2. The highest BCUT2D eigenvalue weighted by Crippen LogP contribution is 2.20. The van der Waals surface area contributed by atoms with Crippen LogP contribution in [-0.4, -0.2) is 24.3 Å². The molecule has 1 rings (SSSR count). The van der Waals surface area contributed by atoms with Crippen molar-refractivity contribution in [1.82, 2.24) is 4.98 Å². The molecule has 0 aromatic carbocycles. The van der Waals surface area contributed by atoms with Crippen LogP contribution in [0.15, 0.2) is 0 Å². The van der Waals surface area contributed by atoms with Gasteiger partial charge in [-0.15, -0.1) is 0 Å². The van der Waals surface area contributed by atoms with E-state index in [1.165, 1.54) is 7.11 Å². The third-order valence-electron chi connectivity index (χ3n) is 2.28. The SMILES string of the molecule is COC(=O)CCc1c(C=O)[nH]c(I)c1C. The Kier molecular flexibility index (Phi) is 4.31. The van der Waals surface area contributed by atoms with E-state index in [1.807, 2.05) is 6.92 Å². The first-order valence-electron chi connectivity index (χ1n) is 4.49. The molecule has 1 aromatic rings. The van der Waals surface area contributed by atoms with Crippen LogP contribution in [0.2, 0.25) is 0 Å². The summed E-state index contributed by atoms with van der Waals surface area (Å²) in [5.74, 6) is -0.262. The fourth-order valence-corrected chi connectivity index (χ4v) is 1.99. The van der Waals surface area contributed by atoms with Gasteiger partial charge in [0, 0.05) is 6.42 Å². The molecular weight excluding hydrogens is 309 g/mol. The van der Waals surface area contributed by atoms with Gasteiger partial charge in [-0.25, -0.2) is 0 Å². The summed E-state index contributed by atoms with van der Waals surface area (Å²) in [6.07, 6.45) is 1.61. The molecule has 0 saturated heterocycles. The maximum absolute atomic E-state index is 11.0. The molecule has 1 aromatic heterocycles. The Bertz CT molecular complexity index is 384. The van der Waals surface area contributed by atoms with E-state index >= 15 is 0 Å². The third kappa shape index (κ3) is 2.80. The van der Waals surface area contributed by atoms with Gasteiger partial charge >= 0.3 is 5.97 Å². The lowest BCUT2D eigenvalue weighted by molar-refractivity contribution is -0.140. The molecule has 0 aliphatic carbocycles. The largest absolute Gasteiger partial charge is 0.469 e. The predicted octanol–water partition coefficient (Wildman–Crippen LogP) is 1.85. The molecule has 0 saturated carbocycles. The summed E-state index contributed by atoms with van der Waals surface area (Å²) in [6, 6.07) is 0. The Labute approximate surface area is 102 Å². The first-order valence-corrected chi connectivity index (χ1v) is 5.57. The van der Waals surface area contributed by atoms with Crippen LogP contribution in [0.1, 0.15) is 28.0 Å². The number of nitrogens with one attached hydrogen (secondary N) is 1. The summed E-state index contributed by atoms with van der Waals surface area (Å²) in [5.41, 5.74) is 2.49. The van der Waals surface area contributed by atoms with E-state index < -0.39 is 0 Å². The number of aldehydes is 1. The standard InChI is InChI=1S/C10H12INO3/c1-6-7(3-4-9(14)15-2)8(5-13)12-10(6)11/h5,12H,3-4H2,1-2H3. The minimum atomic E-state index is -0.262. The zero-order chi connectivity index (χ0) is 11.4. The van der Waals surface area contributed by atoms with Gasteiger partial charge in [0.05, 0.1) is 16.5 Å². The van der Waals surface area contributed by atoms with Gasteiger partial charge in [0.2, 0.25) is 0 Å². The van der Waals surface area contributed by atoms with E-state index in [0.717, 1.165) is 21.1 Å². The number of methoxy groups -OCH3 is 1. The number of aromatic amines is 1. The van der Waals surface area contributed by atoms with Crippen molar-refractivity contribution in [3.8, 4) is 0 Å². The van der Waals surface area contributed by atoms with Gasteiger partial charge in [-0.05, 0) is 47.1 Å². The van der Waals surface area contributed by atoms with Crippen molar-refractivity contribution >= 4 is 34.8 Å². The highest BCUT2D eigenvalue weighted by atomic mass is 127. The molecule has 0 aliphatic heterocycles. The molecule has 0 atom stereocenters. The molecular formula is C10H12INO3. The van der Waals surface area contributed by atoms with Crippen molar-refractivity contribution < 1.29 is 14.3 Å². The first-order chi connectivity index (χ1) is 7.10. The molecule has 0 bridgehead atoms. The number of halogens is 1. The molecule has 4 nitrogen and oxygen atoms in total. The molecule has 1 heterocycles. The number of ether oxygens (including phenoxy) is 1. The first kappa shape index (κ1) is 12.2. The maximum Gasteiger partial charge on any atom is 0.305 e. The molecule has 0 radical (unpaired) electrons. The normalized spacial score (nSPS) is 10.1.